The van der Waals surface area contributed by atoms with Gasteiger partial charge in [0.2, 0.25) is 5.91 Å². The molecule has 0 saturated carbocycles. The van der Waals surface area contributed by atoms with E-state index in [9.17, 15) is 4.79 Å². The lowest BCUT2D eigenvalue weighted by atomic mass is 10.1. The monoisotopic (exact) mass is 273 g/mol. The van der Waals surface area contributed by atoms with Gasteiger partial charge in [-0.25, -0.2) is 0 Å². The molecule has 114 valence electrons. The van der Waals surface area contributed by atoms with Gasteiger partial charge in [0.15, 0.2) is 0 Å². The third-order valence-electron chi connectivity index (χ3n) is 3.27. The second-order valence-corrected chi connectivity index (χ2v) is 5.05. The summed E-state index contributed by atoms with van der Waals surface area (Å²) < 4.78 is 5.10. The van der Waals surface area contributed by atoms with Gasteiger partial charge in [-0.3, -0.25) is 9.69 Å². The highest BCUT2D eigenvalue weighted by molar-refractivity contribution is 5.81. The fourth-order valence-electron chi connectivity index (χ4n) is 2.04. The number of hydrogen-bond donors (Lipinski definition) is 2. The number of nitrogens with two attached hydrogens (primary N) is 1. The van der Waals surface area contributed by atoms with Gasteiger partial charge in [-0.2, -0.15) is 0 Å². The average molecular weight is 273 g/mol. The minimum absolute atomic E-state index is 0.0917. The maximum atomic E-state index is 12.2. The average Bonchev–Trinajstić information content (AvgIpc) is 2.38. The van der Waals surface area contributed by atoms with Crippen LogP contribution in [-0.4, -0.2) is 56.2 Å². The molecule has 5 nitrogen and oxygen atoms in total. The van der Waals surface area contributed by atoms with Crippen LogP contribution in [0.15, 0.2) is 0 Å². The van der Waals surface area contributed by atoms with Crippen LogP contribution >= 0.6 is 0 Å². The summed E-state index contributed by atoms with van der Waals surface area (Å²) in [6.07, 6.45) is 2.99. The van der Waals surface area contributed by atoms with E-state index >= 15 is 0 Å². The summed E-state index contributed by atoms with van der Waals surface area (Å²) in [5, 5.41) is 3.06. The number of carbonyl (C=O) groups is 1. The van der Waals surface area contributed by atoms with Gasteiger partial charge in [0.05, 0.1) is 12.6 Å². The molecular formula is C14H31N3O2. The van der Waals surface area contributed by atoms with Gasteiger partial charge in [0.25, 0.3) is 0 Å². The van der Waals surface area contributed by atoms with Crippen molar-refractivity contribution < 1.29 is 9.53 Å². The summed E-state index contributed by atoms with van der Waals surface area (Å²) >= 11 is 0. The van der Waals surface area contributed by atoms with Crippen LogP contribution in [0.1, 0.15) is 40.0 Å². The van der Waals surface area contributed by atoms with Crippen molar-refractivity contribution in [2.45, 2.75) is 52.1 Å². The van der Waals surface area contributed by atoms with Crippen molar-refractivity contribution in [1.29, 1.82) is 0 Å². The topological polar surface area (TPSA) is 67.6 Å². The minimum Gasteiger partial charge on any atom is -0.383 e. The highest BCUT2D eigenvalue weighted by Gasteiger charge is 2.21. The Morgan fingerprint density at radius 2 is 2.05 bits per heavy atom. The number of rotatable bonds is 11. The maximum absolute atomic E-state index is 12.2. The number of ether oxygens (including phenoxy) is 1. The third-order valence-corrected chi connectivity index (χ3v) is 3.27. The molecule has 0 aliphatic rings. The molecule has 1 amide bonds. The summed E-state index contributed by atoms with van der Waals surface area (Å²) in [5.41, 5.74) is 5.54. The van der Waals surface area contributed by atoms with E-state index in [0.717, 1.165) is 32.4 Å². The summed E-state index contributed by atoms with van der Waals surface area (Å²) in [5.74, 6) is 0.0917. The lowest BCUT2D eigenvalue weighted by Crippen LogP contribution is -2.49. The summed E-state index contributed by atoms with van der Waals surface area (Å²) in [4.78, 5) is 14.3. The Kier molecular flexibility index (Phi) is 10.8. The number of amides is 1. The van der Waals surface area contributed by atoms with Crippen molar-refractivity contribution in [1.82, 2.24) is 10.2 Å². The summed E-state index contributed by atoms with van der Waals surface area (Å²) in [6.45, 7) is 8.98. The van der Waals surface area contributed by atoms with Crippen molar-refractivity contribution in [3.05, 3.63) is 0 Å². The molecule has 19 heavy (non-hydrogen) atoms. The van der Waals surface area contributed by atoms with Gasteiger partial charge < -0.3 is 15.8 Å². The van der Waals surface area contributed by atoms with Crippen LogP contribution in [-0.2, 0) is 9.53 Å². The molecule has 3 N–H and O–H groups in total. The first-order valence-corrected chi connectivity index (χ1v) is 7.30. The molecule has 5 heteroatoms. The Morgan fingerprint density at radius 3 is 2.58 bits per heavy atom. The van der Waals surface area contributed by atoms with Gasteiger partial charge in [0.1, 0.15) is 0 Å². The highest BCUT2D eigenvalue weighted by atomic mass is 16.5. The van der Waals surface area contributed by atoms with Crippen LogP contribution in [0.4, 0.5) is 0 Å². The highest BCUT2D eigenvalue weighted by Crippen LogP contribution is 2.03. The van der Waals surface area contributed by atoms with E-state index in [1.54, 1.807) is 7.11 Å². The largest absolute Gasteiger partial charge is 0.383 e. The zero-order valence-electron chi connectivity index (χ0n) is 12.9. The van der Waals surface area contributed by atoms with Crippen molar-refractivity contribution in [2.24, 2.45) is 5.73 Å². The predicted molar refractivity (Wildman–Crippen MR) is 79.1 cm³/mol. The molecule has 0 bridgehead atoms. The summed E-state index contributed by atoms with van der Waals surface area (Å²) in [7, 11) is 1.68. The first kappa shape index (κ1) is 18.4. The van der Waals surface area contributed by atoms with Crippen molar-refractivity contribution >= 4 is 5.91 Å². The molecule has 0 radical (unpaired) electrons. The fourth-order valence-corrected chi connectivity index (χ4v) is 2.04. The van der Waals surface area contributed by atoms with E-state index in [2.05, 4.69) is 17.1 Å². The maximum Gasteiger partial charge on any atom is 0.237 e. The van der Waals surface area contributed by atoms with E-state index in [1.165, 1.54) is 0 Å². The Labute approximate surface area is 117 Å². The number of nitrogens with one attached hydrogen (secondary N) is 1. The number of methoxy groups -OCH3 is 1. The SMILES string of the molecule is CCCC(C)NC(=O)C(C)N(CCCN)CCOC. The molecule has 2 unspecified atom stereocenters. The van der Waals surface area contributed by atoms with Crippen LogP contribution < -0.4 is 11.1 Å². The quantitative estimate of drug-likeness (QED) is 0.589. The van der Waals surface area contributed by atoms with Gasteiger partial charge in [-0.05, 0) is 33.2 Å². The first-order valence-electron chi connectivity index (χ1n) is 7.30. The van der Waals surface area contributed by atoms with Crippen LogP contribution in [0.3, 0.4) is 0 Å². The Hall–Kier alpha value is -0.650. The van der Waals surface area contributed by atoms with Crippen molar-refractivity contribution in [2.75, 3.05) is 33.4 Å². The molecule has 0 rings (SSSR count). The van der Waals surface area contributed by atoms with E-state index < -0.39 is 0 Å². The molecule has 0 aromatic carbocycles. The molecule has 0 heterocycles. The Morgan fingerprint density at radius 1 is 1.37 bits per heavy atom. The van der Waals surface area contributed by atoms with Gasteiger partial charge >= 0.3 is 0 Å². The molecule has 2 atom stereocenters. The van der Waals surface area contributed by atoms with E-state index in [-0.39, 0.29) is 18.0 Å². The lowest BCUT2D eigenvalue weighted by Gasteiger charge is -2.29. The molecule has 0 aliphatic heterocycles. The number of nitrogens with zero attached hydrogens (tertiary/aromatic N) is 1. The Balaban J connectivity index is 4.32. The van der Waals surface area contributed by atoms with E-state index in [0.29, 0.717) is 13.2 Å². The Bertz CT molecular complexity index is 229. The standard InChI is InChI=1S/C14H31N3O2/c1-5-7-12(2)16-14(18)13(3)17(9-6-8-15)10-11-19-4/h12-13H,5-11,15H2,1-4H3,(H,16,18). The molecule has 0 aromatic rings. The zero-order chi connectivity index (χ0) is 14.7. The normalized spacial score (nSPS) is 14.4. The van der Waals surface area contributed by atoms with Gasteiger partial charge in [0, 0.05) is 26.2 Å². The fraction of sp³-hybridized carbons (Fsp3) is 0.929. The zero-order valence-corrected chi connectivity index (χ0v) is 12.9. The van der Waals surface area contributed by atoms with Crippen molar-refractivity contribution in [3.63, 3.8) is 0 Å². The molecule has 0 fully saturated rings. The predicted octanol–water partition coefficient (Wildman–Crippen LogP) is 0.977. The molecule has 0 saturated heterocycles. The van der Waals surface area contributed by atoms with Gasteiger partial charge in [-0.15, -0.1) is 0 Å². The van der Waals surface area contributed by atoms with Crippen LogP contribution in [0, 0.1) is 0 Å². The summed E-state index contributed by atoms with van der Waals surface area (Å²) in [6, 6.07) is 0.0970. The number of carbonyl (C=O) groups excluding carboxylic acids is 1. The second kappa shape index (κ2) is 11.2. The minimum atomic E-state index is -0.138. The first-order chi connectivity index (χ1) is 9.06. The van der Waals surface area contributed by atoms with Crippen molar-refractivity contribution in [3.8, 4) is 0 Å². The number of hydrogen-bond acceptors (Lipinski definition) is 4. The third kappa shape index (κ3) is 8.18. The molecule has 0 aromatic heterocycles. The molecular weight excluding hydrogens is 242 g/mol. The van der Waals surface area contributed by atoms with E-state index in [1.807, 2.05) is 13.8 Å². The van der Waals surface area contributed by atoms with E-state index in [4.69, 9.17) is 10.5 Å². The van der Waals surface area contributed by atoms with Crippen LogP contribution in [0.5, 0.6) is 0 Å². The smallest absolute Gasteiger partial charge is 0.237 e. The molecule has 0 spiro atoms. The second-order valence-electron chi connectivity index (χ2n) is 5.05. The molecule has 0 aliphatic carbocycles. The van der Waals surface area contributed by atoms with Gasteiger partial charge in [-0.1, -0.05) is 13.3 Å². The lowest BCUT2D eigenvalue weighted by molar-refractivity contribution is -0.126. The van der Waals surface area contributed by atoms with Crippen LogP contribution in [0.2, 0.25) is 0 Å². The van der Waals surface area contributed by atoms with Crippen LogP contribution in [0.25, 0.3) is 0 Å².